The van der Waals surface area contributed by atoms with Gasteiger partial charge in [-0.2, -0.15) is 8.78 Å². The lowest BCUT2D eigenvalue weighted by molar-refractivity contribution is -0.400. The van der Waals surface area contributed by atoms with Crippen LogP contribution >= 0.6 is 0 Å². The van der Waals surface area contributed by atoms with Crippen LogP contribution in [0.1, 0.15) is 5.56 Å². The zero-order valence-electron chi connectivity index (χ0n) is 7.47. The van der Waals surface area contributed by atoms with E-state index in [2.05, 4.69) is 4.74 Å². The number of nitrogens with zero attached hydrogens (tertiary/aromatic N) is 1. The molecule has 1 rings (SSSR count). The summed E-state index contributed by atoms with van der Waals surface area (Å²) in [5, 5.41) is 10.0. The first-order valence-corrected chi connectivity index (χ1v) is 3.95. The van der Waals surface area contributed by atoms with E-state index in [1.165, 1.54) is 18.2 Å². The van der Waals surface area contributed by atoms with Gasteiger partial charge in [0.05, 0.1) is 4.92 Å². The van der Waals surface area contributed by atoms with Gasteiger partial charge in [-0.3, -0.25) is 10.1 Å². The summed E-state index contributed by atoms with van der Waals surface area (Å²) >= 11 is 0. The van der Waals surface area contributed by atoms with Crippen LogP contribution in [0.15, 0.2) is 30.5 Å². The van der Waals surface area contributed by atoms with Crippen molar-refractivity contribution in [2.24, 2.45) is 0 Å². The van der Waals surface area contributed by atoms with Crippen molar-refractivity contribution < 1.29 is 18.4 Å². The highest BCUT2D eigenvalue weighted by Gasteiger charge is 2.07. The summed E-state index contributed by atoms with van der Waals surface area (Å²) in [6.45, 7) is -2.95. The van der Waals surface area contributed by atoms with E-state index in [0.717, 1.165) is 6.08 Å². The van der Waals surface area contributed by atoms with E-state index in [1.54, 1.807) is 6.07 Å². The summed E-state index contributed by atoms with van der Waals surface area (Å²) in [5.74, 6) is -0.0920. The maximum absolute atomic E-state index is 11.9. The van der Waals surface area contributed by atoms with E-state index in [-0.39, 0.29) is 11.3 Å². The van der Waals surface area contributed by atoms with E-state index < -0.39 is 11.5 Å². The molecule has 0 aliphatic heterocycles. The first-order valence-electron chi connectivity index (χ1n) is 3.95. The Morgan fingerprint density at radius 3 is 2.67 bits per heavy atom. The second-order valence-electron chi connectivity index (χ2n) is 2.52. The van der Waals surface area contributed by atoms with Crippen molar-refractivity contribution in [2.45, 2.75) is 6.61 Å². The topological polar surface area (TPSA) is 52.4 Å². The van der Waals surface area contributed by atoms with Gasteiger partial charge in [0, 0.05) is 11.6 Å². The molecule has 80 valence electrons. The van der Waals surface area contributed by atoms with Crippen molar-refractivity contribution in [3.63, 3.8) is 0 Å². The molecule has 0 heterocycles. The van der Waals surface area contributed by atoms with E-state index in [0.29, 0.717) is 6.20 Å². The van der Waals surface area contributed by atoms with E-state index in [4.69, 9.17) is 0 Å². The SMILES string of the molecule is O=[N+]([O-])C=Cc1ccccc1OC(F)F. The monoisotopic (exact) mass is 215 g/mol. The molecule has 0 spiro atoms. The average Bonchev–Trinajstić information content (AvgIpc) is 2.15. The van der Waals surface area contributed by atoms with Gasteiger partial charge >= 0.3 is 6.61 Å². The molecule has 15 heavy (non-hydrogen) atoms. The second-order valence-corrected chi connectivity index (χ2v) is 2.52. The Balaban J connectivity index is 2.91. The zero-order valence-corrected chi connectivity index (χ0v) is 7.47. The summed E-state index contributed by atoms with van der Waals surface area (Å²) in [6.07, 6.45) is 1.76. The fourth-order valence-corrected chi connectivity index (χ4v) is 0.963. The van der Waals surface area contributed by atoms with Crippen LogP contribution in [0.2, 0.25) is 0 Å². The predicted octanol–water partition coefficient (Wildman–Crippen LogP) is 2.54. The molecule has 0 atom stereocenters. The summed E-state index contributed by atoms with van der Waals surface area (Å²) in [6, 6.07) is 5.82. The van der Waals surface area contributed by atoms with Crippen molar-refractivity contribution in [1.29, 1.82) is 0 Å². The van der Waals surface area contributed by atoms with Crippen LogP contribution in [-0.2, 0) is 0 Å². The molecule has 0 radical (unpaired) electrons. The average molecular weight is 215 g/mol. The van der Waals surface area contributed by atoms with Crippen molar-refractivity contribution in [1.82, 2.24) is 0 Å². The smallest absolute Gasteiger partial charge is 0.387 e. The molecule has 0 aromatic heterocycles. The fraction of sp³-hybridized carbons (Fsp3) is 0.111. The molecule has 4 nitrogen and oxygen atoms in total. The molecule has 6 heteroatoms. The summed E-state index contributed by atoms with van der Waals surface area (Å²) in [7, 11) is 0. The highest BCUT2D eigenvalue weighted by atomic mass is 19.3. The van der Waals surface area contributed by atoms with Gasteiger partial charge in [0.1, 0.15) is 5.75 Å². The molecule has 0 aliphatic carbocycles. The van der Waals surface area contributed by atoms with Crippen LogP contribution in [-0.4, -0.2) is 11.5 Å². The minimum Gasteiger partial charge on any atom is -0.434 e. The van der Waals surface area contributed by atoms with Crippen molar-refractivity contribution in [3.8, 4) is 5.75 Å². The third-order valence-corrected chi connectivity index (χ3v) is 1.51. The van der Waals surface area contributed by atoms with Crippen molar-refractivity contribution in [2.75, 3.05) is 0 Å². The van der Waals surface area contributed by atoms with Gasteiger partial charge in [-0.25, -0.2) is 0 Å². The summed E-state index contributed by atoms with van der Waals surface area (Å²) in [4.78, 5) is 9.35. The Morgan fingerprint density at radius 2 is 2.07 bits per heavy atom. The molecule has 0 N–H and O–H groups in total. The number of para-hydroxylation sites is 1. The van der Waals surface area contributed by atoms with E-state index in [9.17, 15) is 18.9 Å². The minimum absolute atomic E-state index is 0.0920. The molecule has 0 aliphatic rings. The first kappa shape index (κ1) is 11.1. The quantitative estimate of drug-likeness (QED) is 0.572. The molecule has 0 bridgehead atoms. The largest absolute Gasteiger partial charge is 0.434 e. The third-order valence-electron chi connectivity index (χ3n) is 1.51. The Hall–Kier alpha value is -1.98. The highest BCUT2D eigenvalue weighted by molar-refractivity contribution is 5.56. The van der Waals surface area contributed by atoms with Crippen LogP contribution in [0.25, 0.3) is 6.08 Å². The van der Waals surface area contributed by atoms with Crippen molar-refractivity contribution >= 4 is 6.08 Å². The molecule has 0 saturated carbocycles. The second kappa shape index (κ2) is 5.04. The van der Waals surface area contributed by atoms with E-state index in [1.807, 2.05) is 0 Å². The maximum Gasteiger partial charge on any atom is 0.387 e. The summed E-state index contributed by atoms with van der Waals surface area (Å²) in [5.41, 5.74) is 0.231. The van der Waals surface area contributed by atoms with Gasteiger partial charge in [-0.1, -0.05) is 18.2 Å². The number of benzene rings is 1. The number of hydrogen-bond donors (Lipinski definition) is 0. The molecule has 0 unspecified atom stereocenters. The van der Waals surface area contributed by atoms with Crippen molar-refractivity contribution in [3.05, 3.63) is 46.1 Å². The van der Waals surface area contributed by atoms with Crippen LogP contribution in [0.4, 0.5) is 8.78 Å². The molecule has 0 fully saturated rings. The lowest BCUT2D eigenvalue weighted by Gasteiger charge is -2.06. The molecular weight excluding hydrogens is 208 g/mol. The minimum atomic E-state index is -2.95. The van der Waals surface area contributed by atoms with Crippen LogP contribution in [0.5, 0.6) is 5.75 Å². The lowest BCUT2D eigenvalue weighted by atomic mass is 10.2. The maximum atomic E-state index is 11.9. The zero-order chi connectivity index (χ0) is 11.3. The van der Waals surface area contributed by atoms with Gasteiger partial charge in [0.25, 0.3) is 0 Å². The Labute approximate surface area is 83.9 Å². The standard InChI is InChI=1S/C9H7F2NO3/c10-9(11)15-8-4-2-1-3-7(8)5-6-12(13)14/h1-6,9H. The number of ether oxygens (including phenoxy) is 1. The van der Waals surface area contributed by atoms with Crippen LogP contribution in [0, 0.1) is 10.1 Å². The van der Waals surface area contributed by atoms with Crippen LogP contribution in [0.3, 0.4) is 0 Å². The number of alkyl halides is 2. The van der Waals surface area contributed by atoms with Gasteiger partial charge in [0.15, 0.2) is 0 Å². The number of nitro groups is 1. The Morgan fingerprint density at radius 1 is 1.40 bits per heavy atom. The van der Waals surface area contributed by atoms with Crippen LogP contribution < -0.4 is 4.74 Å². The molecule has 0 saturated heterocycles. The van der Waals surface area contributed by atoms with Gasteiger partial charge < -0.3 is 4.74 Å². The lowest BCUT2D eigenvalue weighted by Crippen LogP contribution is -2.03. The van der Waals surface area contributed by atoms with Gasteiger partial charge in [0.2, 0.25) is 6.20 Å². The third kappa shape index (κ3) is 3.72. The Kier molecular flexibility index (Phi) is 3.73. The molecule has 1 aromatic rings. The predicted molar refractivity (Wildman–Crippen MR) is 49.1 cm³/mol. The fourth-order valence-electron chi connectivity index (χ4n) is 0.963. The number of halogens is 2. The molecule has 0 amide bonds. The first-order chi connectivity index (χ1) is 7.09. The molecular formula is C9H7F2NO3. The van der Waals surface area contributed by atoms with Gasteiger partial charge in [-0.05, 0) is 6.07 Å². The molecule has 1 aromatic carbocycles. The normalized spacial score (nSPS) is 10.9. The number of rotatable bonds is 4. The highest BCUT2D eigenvalue weighted by Crippen LogP contribution is 2.21. The van der Waals surface area contributed by atoms with E-state index >= 15 is 0 Å². The van der Waals surface area contributed by atoms with Gasteiger partial charge in [-0.15, -0.1) is 0 Å². The number of hydrogen-bond acceptors (Lipinski definition) is 3. The summed E-state index contributed by atoms with van der Waals surface area (Å²) < 4.78 is 28.0. The Bertz CT molecular complexity index is 379.